The molecule has 0 aliphatic carbocycles. The van der Waals surface area contributed by atoms with Gasteiger partial charge in [0.15, 0.2) is 5.69 Å². The molecule has 0 fully saturated rings. The van der Waals surface area contributed by atoms with E-state index in [2.05, 4.69) is 16.0 Å². The predicted octanol–water partition coefficient (Wildman–Crippen LogP) is 2.11. The molecule has 0 bridgehead atoms. The van der Waals surface area contributed by atoms with Gasteiger partial charge in [-0.25, -0.2) is 14.8 Å². The highest BCUT2D eigenvalue weighted by Crippen LogP contribution is 2.35. The number of rotatable bonds is 2. The molecule has 1 aliphatic heterocycles. The molecule has 0 unspecified atom stereocenters. The summed E-state index contributed by atoms with van der Waals surface area (Å²) in [6.07, 6.45) is 3.12. The molecule has 23 heavy (non-hydrogen) atoms. The fraction of sp³-hybridized carbons (Fsp3) is 0.294. The average Bonchev–Trinajstić information content (AvgIpc) is 2.54. The highest BCUT2D eigenvalue weighted by atomic mass is 16.4. The van der Waals surface area contributed by atoms with Gasteiger partial charge in [-0.15, -0.1) is 0 Å². The molecule has 2 aromatic rings. The second-order valence-electron chi connectivity index (χ2n) is 6.01. The van der Waals surface area contributed by atoms with Gasteiger partial charge in [0, 0.05) is 6.54 Å². The first-order valence-corrected chi connectivity index (χ1v) is 7.37. The molecule has 0 saturated heterocycles. The van der Waals surface area contributed by atoms with Crippen LogP contribution in [0.3, 0.4) is 0 Å². The third-order valence-electron chi connectivity index (χ3n) is 4.29. The Hall–Kier alpha value is -2.76. The number of hydrogen-bond acceptors (Lipinski definition) is 4. The molecule has 3 rings (SSSR count). The Morgan fingerprint density at radius 1 is 1.13 bits per heavy atom. The Bertz CT molecular complexity index is 769. The summed E-state index contributed by atoms with van der Waals surface area (Å²) in [4.78, 5) is 33.1. The van der Waals surface area contributed by atoms with E-state index in [-0.39, 0.29) is 17.3 Å². The van der Waals surface area contributed by atoms with Gasteiger partial charge in [-0.05, 0) is 31.4 Å². The van der Waals surface area contributed by atoms with Crippen LogP contribution in [0.25, 0.3) is 0 Å². The second-order valence-corrected chi connectivity index (χ2v) is 6.01. The summed E-state index contributed by atoms with van der Waals surface area (Å²) in [5.41, 5.74) is 1.88. The summed E-state index contributed by atoms with van der Waals surface area (Å²) in [5, 5.41) is 8.86. The fourth-order valence-electron chi connectivity index (χ4n) is 3.03. The maximum atomic E-state index is 12.8. The van der Waals surface area contributed by atoms with Crippen molar-refractivity contribution in [3.63, 3.8) is 0 Å². The van der Waals surface area contributed by atoms with Crippen LogP contribution in [0.5, 0.6) is 0 Å². The number of aromatic carboxylic acids is 1. The Kier molecular flexibility index (Phi) is 3.60. The SMILES string of the molecule is CC1(C)c2ccccc2CCN1C(=O)c1cnc(C(=O)O)cn1. The van der Waals surface area contributed by atoms with Crippen LogP contribution in [0.15, 0.2) is 36.7 Å². The van der Waals surface area contributed by atoms with E-state index < -0.39 is 11.5 Å². The lowest BCUT2D eigenvalue weighted by Crippen LogP contribution is -2.50. The standard InChI is InChI=1S/C17H17N3O3/c1-17(2)12-6-4-3-5-11(12)7-8-20(17)15(21)13-9-19-14(10-18-13)16(22)23/h3-6,9-10H,7-8H2,1-2H3,(H,22,23). The first kappa shape index (κ1) is 15.1. The number of carboxylic acids is 1. The van der Waals surface area contributed by atoms with E-state index >= 15 is 0 Å². The highest BCUT2D eigenvalue weighted by molar-refractivity contribution is 5.93. The van der Waals surface area contributed by atoms with Crippen molar-refractivity contribution in [2.75, 3.05) is 6.54 Å². The van der Waals surface area contributed by atoms with Crippen LogP contribution >= 0.6 is 0 Å². The van der Waals surface area contributed by atoms with Gasteiger partial charge in [-0.1, -0.05) is 24.3 Å². The molecule has 2 heterocycles. The number of fused-ring (bicyclic) bond motifs is 1. The Balaban J connectivity index is 1.92. The van der Waals surface area contributed by atoms with Crippen molar-refractivity contribution >= 4 is 11.9 Å². The summed E-state index contributed by atoms with van der Waals surface area (Å²) in [5.74, 6) is -1.40. The van der Waals surface area contributed by atoms with Gasteiger partial charge in [0.05, 0.1) is 17.9 Å². The summed E-state index contributed by atoms with van der Waals surface area (Å²) in [6, 6.07) is 8.09. The van der Waals surface area contributed by atoms with Gasteiger partial charge < -0.3 is 10.0 Å². The van der Waals surface area contributed by atoms with E-state index in [0.717, 1.165) is 18.2 Å². The van der Waals surface area contributed by atoms with Crippen molar-refractivity contribution in [1.29, 1.82) is 0 Å². The molecule has 1 aliphatic rings. The maximum absolute atomic E-state index is 12.8. The molecule has 0 saturated carbocycles. The van der Waals surface area contributed by atoms with Gasteiger partial charge in [-0.2, -0.15) is 0 Å². The van der Waals surface area contributed by atoms with Gasteiger partial charge in [-0.3, -0.25) is 4.79 Å². The summed E-state index contributed by atoms with van der Waals surface area (Å²) >= 11 is 0. The van der Waals surface area contributed by atoms with Crippen molar-refractivity contribution in [2.45, 2.75) is 25.8 Å². The fourth-order valence-corrected chi connectivity index (χ4v) is 3.03. The maximum Gasteiger partial charge on any atom is 0.356 e. The summed E-state index contributed by atoms with van der Waals surface area (Å²) in [6.45, 7) is 4.59. The Labute approximate surface area is 133 Å². The Morgan fingerprint density at radius 3 is 2.43 bits per heavy atom. The first-order chi connectivity index (χ1) is 10.9. The van der Waals surface area contributed by atoms with Gasteiger partial charge in [0.1, 0.15) is 5.69 Å². The molecule has 1 aromatic heterocycles. The number of carbonyl (C=O) groups is 2. The van der Waals surface area contributed by atoms with E-state index in [9.17, 15) is 9.59 Å². The molecule has 118 valence electrons. The van der Waals surface area contributed by atoms with Crippen LogP contribution in [0.2, 0.25) is 0 Å². The number of amides is 1. The quantitative estimate of drug-likeness (QED) is 0.918. The molecular formula is C17H17N3O3. The van der Waals surface area contributed by atoms with Crippen LogP contribution in [-0.2, 0) is 12.0 Å². The normalized spacial score (nSPS) is 15.8. The van der Waals surface area contributed by atoms with Crippen LogP contribution in [0.1, 0.15) is 46.0 Å². The molecule has 1 N–H and O–H groups in total. The number of carbonyl (C=O) groups excluding carboxylic acids is 1. The average molecular weight is 311 g/mol. The molecule has 1 amide bonds. The van der Waals surface area contributed by atoms with E-state index in [1.54, 1.807) is 4.90 Å². The minimum absolute atomic E-state index is 0.155. The largest absolute Gasteiger partial charge is 0.476 e. The molecule has 6 nitrogen and oxygen atoms in total. The molecule has 0 radical (unpaired) electrons. The molecular weight excluding hydrogens is 294 g/mol. The first-order valence-electron chi connectivity index (χ1n) is 7.37. The lowest BCUT2D eigenvalue weighted by Gasteiger charge is -2.43. The van der Waals surface area contributed by atoms with Crippen molar-refractivity contribution in [1.82, 2.24) is 14.9 Å². The minimum atomic E-state index is -1.16. The summed E-state index contributed by atoms with van der Waals surface area (Å²) in [7, 11) is 0. The second kappa shape index (κ2) is 5.46. The van der Waals surface area contributed by atoms with Crippen molar-refractivity contribution in [3.05, 3.63) is 59.2 Å². The van der Waals surface area contributed by atoms with Crippen molar-refractivity contribution < 1.29 is 14.7 Å². The van der Waals surface area contributed by atoms with E-state index in [4.69, 9.17) is 5.11 Å². The zero-order valence-electron chi connectivity index (χ0n) is 13.0. The summed E-state index contributed by atoms with van der Waals surface area (Å²) < 4.78 is 0. The van der Waals surface area contributed by atoms with Crippen LogP contribution in [-0.4, -0.2) is 38.4 Å². The molecule has 6 heteroatoms. The predicted molar refractivity (Wildman–Crippen MR) is 83.2 cm³/mol. The minimum Gasteiger partial charge on any atom is -0.476 e. The molecule has 1 aromatic carbocycles. The zero-order chi connectivity index (χ0) is 16.6. The lowest BCUT2D eigenvalue weighted by molar-refractivity contribution is 0.0505. The molecule has 0 atom stereocenters. The van der Waals surface area contributed by atoms with Crippen LogP contribution < -0.4 is 0 Å². The number of carboxylic acid groups (broad SMARTS) is 1. The smallest absolute Gasteiger partial charge is 0.356 e. The van der Waals surface area contributed by atoms with Gasteiger partial charge in [0.2, 0.25) is 0 Å². The monoisotopic (exact) mass is 311 g/mol. The highest BCUT2D eigenvalue weighted by Gasteiger charge is 2.38. The van der Waals surface area contributed by atoms with Crippen LogP contribution in [0, 0.1) is 0 Å². The van der Waals surface area contributed by atoms with E-state index in [1.165, 1.54) is 11.8 Å². The third kappa shape index (κ3) is 2.56. The topological polar surface area (TPSA) is 83.4 Å². The third-order valence-corrected chi connectivity index (χ3v) is 4.29. The number of benzene rings is 1. The Morgan fingerprint density at radius 2 is 1.78 bits per heavy atom. The molecule has 0 spiro atoms. The lowest BCUT2D eigenvalue weighted by atomic mass is 9.83. The zero-order valence-corrected chi connectivity index (χ0v) is 13.0. The van der Waals surface area contributed by atoms with E-state index in [1.807, 2.05) is 32.0 Å². The van der Waals surface area contributed by atoms with E-state index in [0.29, 0.717) is 6.54 Å². The van der Waals surface area contributed by atoms with Gasteiger partial charge >= 0.3 is 5.97 Å². The number of hydrogen-bond donors (Lipinski definition) is 1. The van der Waals surface area contributed by atoms with Crippen molar-refractivity contribution in [3.8, 4) is 0 Å². The van der Waals surface area contributed by atoms with Crippen LogP contribution in [0.4, 0.5) is 0 Å². The van der Waals surface area contributed by atoms with Crippen molar-refractivity contribution in [2.24, 2.45) is 0 Å². The van der Waals surface area contributed by atoms with Gasteiger partial charge in [0.25, 0.3) is 5.91 Å². The number of nitrogens with zero attached hydrogens (tertiary/aromatic N) is 3. The number of aromatic nitrogens is 2.